The maximum atomic E-state index is 10.1. The summed E-state index contributed by atoms with van der Waals surface area (Å²) in [7, 11) is 0. The van der Waals surface area contributed by atoms with Crippen LogP contribution in [0, 0.1) is 5.41 Å². The standard InChI is InChI=1S/C69H51N3/c1-68(2)55-40-22-20-38-53(55)62-57(68)42-24-44-59(62)72(60-45-25-43-58-63(60)54-39-21-23-41-56(54)69(58,49-32-14-6-15-33-49)50-34-16-7-17-35-50)67-52-37-19-18-36-51(52)66(71-65(67)48-30-12-5-13-31-48)61(46-26-8-3-9-27-46)64(70)47-28-10-4-11-29-47/h3-45,70-71H,1-2H3/b66-61-,70-64?. The van der Waals surface area contributed by atoms with Gasteiger partial charge in [0.1, 0.15) is 0 Å². The number of anilines is 2. The number of rotatable bonds is 9. The lowest BCUT2D eigenvalue weighted by Crippen LogP contribution is -2.30. The van der Waals surface area contributed by atoms with Gasteiger partial charge < -0.3 is 10.2 Å². The summed E-state index contributed by atoms with van der Waals surface area (Å²) in [6.45, 7) is 4.73. The predicted molar refractivity (Wildman–Crippen MR) is 299 cm³/mol. The Hall–Kier alpha value is -9.05. The number of nitrogens with zero attached hydrogens (tertiary/aromatic N) is 1. The topological polar surface area (TPSA) is 39.1 Å². The summed E-state index contributed by atoms with van der Waals surface area (Å²) in [5.74, 6) is 0. The molecule has 1 heterocycles. The molecule has 2 N–H and O–H groups in total. The molecule has 3 aliphatic rings. The molecule has 0 spiro atoms. The van der Waals surface area contributed by atoms with E-state index < -0.39 is 5.41 Å². The lowest BCUT2D eigenvalue weighted by Gasteiger charge is -2.39. The van der Waals surface area contributed by atoms with Gasteiger partial charge in [-0.05, 0) is 62.2 Å². The van der Waals surface area contributed by atoms with E-state index in [1.165, 1.54) is 55.6 Å². The Balaban J connectivity index is 1.19. The summed E-state index contributed by atoms with van der Waals surface area (Å²) < 4.78 is 0. The van der Waals surface area contributed by atoms with Crippen LogP contribution in [0.2, 0.25) is 0 Å². The van der Waals surface area contributed by atoms with E-state index in [0.29, 0.717) is 5.71 Å². The van der Waals surface area contributed by atoms with Crippen LogP contribution in [0.5, 0.6) is 0 Å². The zero-order valence-electron chi connectivity index (χ0n) is 40.3. The van der Waals surface area contributed by atoms with E-state index in [1.807, 2.05) is 36.4 Å². The molecule has 0 aromatic heterocycles. The summed E-state index contributed by atoms with van der Waals surface area (Å²) in [6, 6.07) is 94.3. The van der Waals surface area contributed by atoms with Crippen molar-refractivity contribution in [1.29, 1.82) is 5.41 Å². The molecule has 3 heteroatoms. The summed E-state index contributed by atoms with van der Waals surface area (Å²) >= 11 is 0. The Morgan fingerprint density at radius 1 is 0.389 bits per heavy atom. The largest absolute Gasteiger partial charge is 0.352 e. The highest BCUT2D eigenvalue weighted by atomic mass is 15.2. The van der Waals surface area contributed by atoms with Gasteiger partial charge in [-0.2, -0.15) is 0 Å². The highest BCUT2D eigenvalue weighted by molar-refractivity contribution is 6.36. The second-order valence-corrected chi connectivity index (χ2v) is 19.6. The van der Waals surface area contributed by atoms with Gasteiger partial charge in [0.05, 0.1) is 39.6 Å². The van der Waals surface area contributed by atoms with E-state index in [1.54, 1.807) is 0 Å². The van der Waals surface area contributed by atoms with Gasteiger partial charge in [-0.25, -0.2) is 0 Å². The molecule has 13 rings (SSSR count). The van der Waals surface area contributed by atoms with Gasteiger partial charge in [0, 0.05) is 44.4 Å². The monoisotopic (exact) mass is 921 g/mol. The Morgan fingerprint density at radius 2 is 0.819 bits per heavy atom. The molecule has 342 valence electrons. The molecule has 0 unspecified atom stereocenters. The van der Waals surface area contributed by atoms with Crippen LogP contribution in [0.3, 0.4) is 0 Å². The van der Waals surface area contributed by atoms with Crippen molar-refractivity contribution in [3.05, 3.63) is 322 Å². The van der Waals surface area contributed by atoms with Crippen molar-refractivity contribution in [1.82, 2.24) is 5.32 Å². The summed E-state index contributed by atoms with van der Waals surface area (Å²) in [6.07, 6.45) is 0. The van der Waals surface area contributed by atoms with Gasteiger partial charge in [0.25, 0.3) is 0 Å². The van der Waals surface area contributed by atoms with Gasteiger partial charge in [0.15, 0.2) is 0 Å². The molecular weight excluding hydrogens is 871 g/mol. The molecular formula is C69H51N3. The third-order valence-electron chi connectivity index (χ3n) is 15.4. The molecule has 3 nitrogen and oxygen atoms in total. The maximum Gasteiger partial charge on any atom is 0.0783 e. The van der Waals surface area contributed by atoms with Crippen LogP contribution in [0.1, 0.15) is 75.0 Å². The van der Waals surface area contributed by atoms with Gasteiger partial charge in [-0.1, -0.05) is 263 Å². The molecule has 1 aliphatic heterocycles. The average molecular weight is 922 g/mol. The van der Waals surface area contributed by atoms with Crippen molar-refractivity contribution in [3.8, 4) is 22.3 Å². The number of allylic oxidation sites excluding steroid dienone is 1. The van der Waals surface area contributed by atoms with Crippen LogP contribution in [0.15, 0.2) is 261 Å². The first-order valence-electron chi connectivity index (χ1n) is 24.9. The molecule has 2 aliphatic carbocycles. The second kappa shape index (κ2) is 17.1. The van der Waals surface area contributed by atoms with Crippen molar-refractivity contribution in [2.75, 3.05) is 4.90 Å². The number of fused-ring (bicyclic) bond motifs is 7. The minimum absolute atomic E-state index is 0.244. The first kappa shape index (κ1) is 43.0. The van der Waals surface area contributed by atoms with E-state index in [9.17, 15) is 5.41 Å². The molecule has 0 fully saturated rings. The summed E-state index contributed by atoms with van der Waals surface area (Å²) in [5.41, 5.74) is 22.8. The van der Waals surface area contributed by atoms with Crippen molar-refractivity contribution in [2.45, 2.75) is 24.7 Å². The highest BCUT2D eigenvalue weighted by Gasteiger charge is 2.48. The molecule has 72 heavy (non-hydrogen) atoms. The van der Waals surface area contributed by atoms with Gasteiger partial charge in [-0.15, -0.1) is 0 Å². The van der Waals surface area contributed by atoms with Gasteiger partial charge >= 0.3 is 0 Å². The third kappa shape index (κ3) is 6.47. The van der Waals surface area contributed by atoms with Crippen LogP contribution in [0.4, 0.5) is 11.4 Å². The van der Waals surface area contributed by atoms with Crippen molar-refractivity contribution in [3.63, 3.8) is 0 Å². The first-order valence-corrected chi connectivity index (χ1v) is 24.9. The van der Waals surface area contributed by atoms with E-state index in [-0.39, 0.29) is 5.41 Å². The lowest BCUT2D eigenvalue weighted by atomic mass is 9.68. The Bertz CT molecular complexity index is 3760. The zero-order chi connectivity index (χ0) is 48.4. The number of benzene rings is 10. The van der Waals surface area contributed by atoms with Gasteiger partial charge in [0.2, 0.25) is 0 Å². The molecule has 0 atom stereocenters. The van der Waals surface area contributed by atoms with E-state index >= 15 is 0 Å². The van der Waals surface area contributed by atoms with Crippen LogP contribution in [0.25, 0.3) is 44.9 Å². The van der Waals surface area contributed by atoms with Crippen LogP contribution >= 0.6 is 0 Å². The molecule has 0 amide bonds. The number of hydrogen-bond acceptors (Lipinski definition) is 3. The molecule has 0 saturated carbocycles. The normalized spacial score (nSPS) is 15.0. The minimum Gasteiger partial charge on any atom is -0.352 e. The van der Waals surface area contributed by atoms with Crippen LogP contribution < -0.4 is 10.2 Å². The molecule has 0 saturated heterocycles. The van der Waals surface area contributed by atoms with Crippen LogP contribution in [-0.2, 0) is 10.8 Å². The van der Waals surface area contributed by atoms with Crippen molar-refractivity contribution >= 4 is 39.8 Å². The Kier molecular flexibility index (Phi) is 10.2. The van der Waals surface area contributed by atoms with E-state index in [4.69, 9.17) is 0 Å². The number of hydrogen-bond donors (Lipinski definition) is 2. The molecule has 0 bridgehead atoms. The molecule has 0 radical (unpaired) electrons. The first-order chi connectivity index (χ1) is 35.5. The maximum absolute atomic E-state index is 10.1. The zero-order valence-corrected chi connectivity index (χ0v) is 40.3. The fraction of sp³-hybridized carbons (Fsp3) is 0.0580. The van der Waals surface area contributed by atoms with E-state index in [0.717, 1.165) is 61.9 Å². The van der Waals surface area contributed by atoms with Gasteiger partial charge in [-0.3, -0.25) is 5.41 Å². The minimum atomic E-state index is -0.610. The summed E-state index contributed by atoms with van der Waals surface area (Å²) in [4.78, 5) is 2.59. The average Bonchev–Trinajstić information content (AvgIpc) is 3.89. The van der Waals surface area contributed by atoms with Crippen LogP contribution in [-0.4, -0.2) is 5.71 Å². The third-order valence-corrected chi connectivity index (χ3v) is 15.4. The second-order valence-electron chi connectivity index (χ2n) is 19.6. The smallest absolute Gasteiger partial charge is 0.0783 e. The lowest BCUT2D eigenvalue weighted by molar-refractivity contribution is 0.660. The fourth-order valence-electron chi connectivity index (χ4n) is 12.3. The van der Waals surface area contributed by atoms with Crippen molar-refractivity contribution in [2.24, 2.45) is 0 Å². The highest BCUT2D eigenvalue weighted by Crippen LogP contribution is 2.62. The Labute approximate surface area is 422 Å². The Morgan fingerprint density at radius 3 is 1.42 bits per heavy atom. The fourth-order valence-corrected chi connectivity index (χ4v) is 12.3. The SMILES string of the molecule is CC1(C)c2ccccc2-c2c(N(C3=C(c4ccccc4)N/C(=C(\C(=N)c4ccccc4)c4ccccc4)c4ccccc43)c3cccc4c3-c3ccccc3C4(c3ccccc3)c3ccccc3)cccc21. The van der Waals surface area contributed by atoms with E-state index in [2.05, 4.69) is 249 Å². The molecule has 10 aromatic carbocycles. The quantitative estimate of drug-likeness (QED) is 0.142. The van der Waals surface area contributed by atoms with Crippen molar-refractivity contribution < 1.29 is 0 Å². The summed E-state index contributed by atoms with van der Waals surface area (Å²) in [5, 5.41) is 14.3. The predicted octanol–water partition coefficient (Wildman–Crippen LogP) is 16.6. The number of nitrogens with one attached hydrogen (secondary N) is 2. The molecule has 10 aromatic rings.